The summed E-state index contributed by atoms with van der Waals surface area (Å²) in [7, 11) is 1.88. The molecule has 1 aliphatic heterocycles. The molecule has 1 heterocycles. The first kappa shape index (κ1) is 32.8. The first-order valence-corrected chi connectivity index (χ1v) is 14.7. The van der Waals surface area contributed by atoms with Crippen LogP contribution in [0.2, 0.25) is 0 Å². The zero-order valence-electron chi connectivity index (χ0n) is 24.6. The van der Waals surface area contributed by atoms with Crippen LogP contribution in [0.4, 0.5) is 8.78 Å². The molecule has 228 valence electrons. The van der Waals surface area contributed by atoms with Gasteiger partial charge in [-0.05, 0) is 70.4 Å². The van der Waals surface area contributed by atoms with Gasteiger partial charge in [-0.1, -0.05) is 44.2 Å². The van der Waals surface area contributed by atoms with Crippen LogP contribution in [0.1, 0.15) is 84.6 Å². The highest BCUT2D eigenvalue weighted by molar-refractivity contribution is 5.77. The van der Waals surface area contributed by atoms with Crippen molar-refractivity contribution in [2.45, 2.75) is 121 Å². The third kappa shape index (κ3) is 8.90. The normalized spacial score (nSPS) is 27.2. The predicted molar refractivity (Wildman–Crippen MR) is 149 cm³/mol. The lowest BCUT2D eigenvalue weighted by atomic mass is 9.86. The Morgan fingerprint density at radius 1 is 1.18 bits per heavy atom. The summed E-state index contributed by atoms with van der Waals surface area (Å²) in [4.78, 5) is 20.9. The second kappa shape index (κ2) is 13.5. The van der Waals surface area contributed by atoms with Crippen molar-refractivity contribution in [3.8, 4) is 0 Å². The molecule has 6 atom stereocenters. The van der Waals surface area contributed by atoms with Crippen LogP contribution < -0.4 is 10.8 Å². The molecule has 3 rings (SSSR count). The Balaban J connectivity index is 1.91. The number of carbonyl (C=O) groups excluding carboxylic acids is 1. The molecule has 1 amide bonds. The summed E-state index contributed by atoms with van der Waals surface area (Å²) >= 11 is 0. The summed E-state index contributed by atoms with van der Waals surface area (Å²) < 4.78 is 27.4. The standard InChI is InChI=1S/C30H49F2N3O5/c1-20-17-25(18-22(3)33-5)35(26(20)21(2)19-28(4,37)38)30(39,16-11-23-9-7-6-8-10-23)40-34-27(36)24-12-14-29(31,32)15-13-24/h6-10,20-22,24-26,33,37-39H,11-19H2,1-5H3,(H,34,36). The monoisotopic (exact) mass is 569 g/mol. The van der Waals surface area contributed by atoms with Gasteiger partial charge in [-0.3, -0.25) is 4.79 Å². The number of aliphatic hydroxyl groups is 3. The summed E-state index contributed by atoms with van der Waals surface area (Å²) in [6.07, 6.45) is 1.54. The van der Waals surface area contributed by atoms with E-state index >= 15 is 0 Å². The number of likely N-dealkylation sites (tertiary alicyclic amines) is 1. The zero-order valence-corrected chi connectivity index (χ0v) is 24.6. The molecular weight excluding hydrogens is 520 g/mol. The summed E-state index contributed by atoms with van der Waals surface area (Å²) in [5.41, 5.74) is 3.44. The molecule has 0 radical (unpaired) electrons. The Morgan fingerprint density at radius 2 is 1.80 bits per heavy atom. The smallest absolute Gasteiger partial charge is 0.251 e. The second-order valence-electron chi connectivity index (χ2n) is 12.5. The van der Waals surface area contributed by atoms with Crippen molar-refractivity contribution in [2.24, 2.45) is 17.8 Å². The fraction of sp³-hybridized carbons (Fsp3) is 0.767. The van der Waals surface area contributed by atoms with Gasteiger partial charge >= 0.3 is 0 Å². The Bertz CT molecular complexity index is 937. The third-order valence-corrected chi connectivity index (χ3v) is 8.74. The average molecular weight is 570 g/mol. The number of carbonyl (C=O) groups is 1. The van der Waals surface area contributed by atoms with E-state index in [0.717, 1.165) is 12.0 Å². The lowest BCUT2D eigenvalue weighted by Crippen LogP contribution is -2.61. The van der Waals surface area contributed by atoms with Gasteiger partial charge in [0.1, 0.15) is 0 Å². The van der Waals surface area contributed by atoms with Gasteiger partial charge in [-0.25, -0.2) is 24.0 Å². The van der Waals surface area contributed by atoms with E-state index in [9.17, 15) is 28.9 Å². The van der Waals surface area contributed by atoms with Crippen LogP contribution in [0.3, 0.4) is 0 Å². The highest BCUT2D eigenvalue weighted by Crippen LogP contribution is 2.44. The van der Waals surface area contributed by atoms with Gasteiger partial charge in [0.05, 0.1) is 0 Å². The minimum atomic E-state index is -2.76. The maximum atomic E-state index is 13.7. The zero-order chi connectivity index (χ0) is 29.7. The maximum absolute atomic E-state index is 13.7. The molecule has 0 bridgehead atoms. The van der Waals surface area contributed by atoms with Crippen LogP contribution in [0.15, 0.2) is 30.3 Å². The van der Waals surface area contributed by atoms with Crippen molar-refractivity contribution in [1.82, 2.24) is 15.7 Å². The van der Waals surface area contributed by atoms with Crippen molar-refractivity contribution in [2.75, 3.05) is 7.05 Å². The van der Waals surface area contributed by atoms with Crippen LogP contribution in [-0.4, -0.2) is 68.9 Å². The van der Waals surface area contributed by atoms with E-state index in [0.29, 0.717) is 12.8 Å². The van der Waals surface area contributed by atoms with Crippen LogP contribution >= 0.6 is 0 Å². The van der Waals surface area contributed by atoms with Crippen LogP contribution in [0, 0.1) is 17.8 Å². The molecule has 10 heteroatoms. The highest BCUT2D eigenvalue weighted by Gasteiger charge is 2.53. The summed E-state index contributed by atoms with van der Waals surface area (Å²) in [5, 5.41) is 36.0. The molecule has 1 aromatic rings. The first-order chi connectivity index (χ1) is 18.6. The minimum absolute atomic E-state index is 0.0545. The van der Waals surface area contributed by atoms with Gasteiger partial charge in [0.15, 0.2) is 5.79 Å². The van der Waals surface area contributed by atoms with Crippen molar-refractivity contribution >= 4 is 5.91 Å². The number of alkyl halides is 2. The molecule has 2 aliphatic rings. The fourth-order valence-corrected chi connectivity index (χ4v) is 6.72. The summed E-state index contributed by atoms with van der Waals surface area (Å²) in [5.74, 6) is -7.83. The molecule has 1 saturated heterocycles. The van der Waals surface area contributed by atoms with Gasteiger partial charge in [0, 0.05) is 49.7 Å². The number of rotatable bonds is 13. The predicted octanol–water partition coefficient (Wildman–Crippen LogP) is 3.94. The van der Waals surface area contributed by atoms with E-state index in [1.807, 2.05) is 49.2 Å². The topological polar surface area (TPSA) is 114 Å². The molecule has 1 aliphatic carbocycles. The molecular formula is C30H49F2N3O5. The van der Waals surface area contributed by atoms with Gasteiger partial charge in [0.2, 0.25) is 11.8 Å². The molecule has 1 saturated carbocycles. The quantitative estimate of drug-likeness (QED) is 0.181. The van der Waals surface area contributed by atoms with Gasteiger partial charge in [0.25, 0.3) is 5.91 Å². The van der Waals surface area contributed by atoms with E-state index in [1.165, 1.54) is 6.92 Å². The number of nitrogens with zero attached hydrogens (tertiary/aromatic N) is 1. The van der Waals surface area contributed by atoms with Gasteiger partial charge in [-0.2, -0.15) is 0 Å². The van der Waals surface area contributed by atoms with E-state index in [-0.39, 0.29) is 68.5 Å². The van der Waals surface area contributed by atoms with E-state index in [4.69, 9.17) is 4.84 Å². The molecule has 6 unspecified atom stereocenters. The van der Waals surface area contributed by atoms with Crippen LogP contribution in [0.25, 0.3) is 0 Å². The lowest BCUT2D eigenvalue weighted by molar-refractivity contribution is -0.335. The third-order valence-electron chi connectivity index (χ3n) is 8.74. The molecule has 0 spiro atoms. The fourth-order valence-electron chi connectivity index (χ4n) is 6.72. The Labute approximate surface area is 237 Å². The van der Waals surface area contributed by atoms with Crippen LogP contribution in [-0.2, 0) is 16.1 Å². The number of halogens is 2. The van der Waals surface area contributed by atoms with E-state index in [2.05, 4.69) is 24.6 Å². The van der Waals surface area contributed by atoms with E-state index < -0.39 is 29.4 Å². The average Bonchev–Trinajstić information content (AvgIpc) is 3.21. The van der Waals surface area contributed by atoms with Crippen molar-refractivity contribution < 1.29 is 33.7 Å². The Morgan fingerprint density at radius 3 is 2.38 bits per heavy atom. The minimum Gasteiger partial charge on any atom is -0.366 e. The SMILES string of the molecule is CNC(C)CC1CC(C)C(C(C)CC(C)(O)O)N1C(O)(CCc1ccccc1)ONC(=O)C1CCC(F)(F)CC1. The van der Waals surface area contributed by atoms with Gasteiger partial charge < -0.3 is 20.6 Å². The van der Waals surface area contributed by atoms with Crippen molar-refractivity contribution in [3.05, 3.63) is 35.9 Å². The molecule has 2 fully saturated rings. The number of hydrogen-bond acceptors (Lipinski definition) is 7. The van der Waals surface area contributed by atoms with Crippen molar-refractivity contribution in [3.63, 3.8) is 0 Å². The van der Waals surface area contributed by atoms with Crippen molar-refractivity contribution in [1.29, 1.82) is 0 Å². The Hall–Kier alpha value is -1.69. The number of nitrogens with one attached hydrogen (secondary N) is 2. The largest absolute Gasteiger partial charge is 0.366 e. The highest BCUT2D eigenvalue weighted by atomic mass is 19.3. The molecule has 40 heavy (non-hydrogen) atoms. The second-order valence-corrected chi connectivity index (χ2v) is 12.5. The molecule has 5 N–H and O–H groups in total. The first-order valence-electron chi connectivity index (χ1n) is 14.7. The number of aryl methyl sites for hydroxylation is 1. The van der Waals surface area contributed by atoms with E-state index in [1.54, 1.807) is 0 Å². The summed E-state index contributed by atoms with van der Waals surface area (Å²) in [6.45, 7) is 7.42. The van der Waals surface area contributed by atoms with Crippen LogP contribution in [0.5, 0.6) is 0 Å². The number of hydrogen-bond donors (Lipinski definition) is 5. The maximum Gasteiger partial charge on any atom is 0.251 e. The summed E-state index contributed by atoms with van der Waals surface area (Å²) in [6, 6.07) is 9.38. The number of benzene rings is 1. The molecule has 1 aromatic carbocycles. The molecule has 0 aromatic heterocycles. The Kier molecular flexibility index (Phi) is 11.1. The van der Waals surface area contributed by atoms with Gasteiger partial charge in [-0.15, -0.1) is 0 Å². The number of hydroxylamine groups is 1. The lowest BCUT2D eigenvalue weighted by Gasteiger charge is -2.46. The molecule has 8 nitrogen and oxygen atoms in total. The number of amides is 1.